The lowest BCUT2D eigenvalue weighted by Gasteiger charge is -2.22. The third kappa shape index (κ3) is 4.19. The summed E-state index contributed by atoms with van der Waals surface area (Å²) in [5.74, 6) is 0. The smallest absolute Gasteiger partial charge is 0.0714 e. The molecule has 0 aliphatic rings. The van der Waals surface area contributed by atoms with E-state index < -0.39 is 0 Å². The van der Waals surface area contributed by atoms with Crippen molar-refractivity contribution >= 4 is 64.6 Å². The molecule has 0 atom stereocenters. The predicted octanol–water partition coefficient (Wildman–Crippen LogP) is 13.5. The number of fused-ring (bicyclic) bond motifs is 5. The summed E-state index contributed by atoms with van der Waals surface area (Å²) in [5, 5.41) is 14.8. The van der Waals surface area contributed by atoms with Gasteiger partial charge in [-0.25, -0.2) is 0 Å². The fraction of sp³-hybridized carbons (Fsp3) is 0. The van der Waals surface area contributed by atoms with Crippen molar-refractivity contribution in [2.45, 2.75) is 0 Å². The molecule has 11 aromatic rings. The number of nitrogens with zero attached hydrogens (tertiary/aromatic N) is 2. The minimum atomic E-state index is 0.959. The standard InChI is InChI=1S/C50H30N2/c1-3-13-31(14-4-1)35-25-23-33-21-22-34-24-26-36(32-15-5-2-6-16-32)50-42-30-40-39(29-41(42)49(35)45(33)46(34)50)47(43-19-9-11-27-51-43)37-17-7-8-18-38(37)48(40)44-20-10-12-28-52-44/h1-30H. The van der Waals surface area contributed by atoms with Gasteiger partial charge in [0.05, 0.1) is 11.4 Å². The van der Waals surface area contributed by atoms with Gasteiger partial charge in [-0.1, -0.05) is 133 Å². The van der Waals surface area contributed by atoms with E-state index in [-0.39, 0.29) is 0 Å². The van der Waals surface area contributed by atoms with Crippen molar-refractivity contribution in [2.75, 3.05) is 0 Å². The first-order chi connectivity index (χ1) is 25.8. The van der Waals surface area contributed by atoms with E-state index in [0.29, 0.717) is 0 Å². The number of hydrogen-bond donors (Lipinski definition) is 0. The van der Waals surface area contributed by atoms with Gasteiger partial charge in [0.25, 0.3) is 0 Å². The van der Waals surface area contributed by atoms with E-state index >= 15 is 0 Å². The Bertz CT molecular complexity index is 2920. The average Bonchev–Trinajstić information content (AvgIpc) is 3.22. The minimum absolute atomic E-state index is 0.959. The van der Waals surface area contributed by atoms with Gasteiger partial charge in [0.1, 0.15) is 0 Å². The van der Waals surface area contributed by atoms with Gasteiger partial charge in [-0.05, 0) is 123 Å². The molecule has 2 heterocycles. The summed E-state index contributed by atoms with van der Waals surface area (Å²) in [6, 6.07) is 61.7. The highest BCUT2D eigenvalue weighted by Gasteiger charge is 2.23. The van der Waals surface area contributed by atoms with Crippen LogP contribution in [0.2, 0.25) is 0 Å². The second-order valence-corrected chi connectivity index (χ2v) is 13.6. The fourth-order valence-electron chi connectivity index (χ4n) is 8.72. The van der Waals surface area contributed by atoms with Gasteiger partial charge in [-0.15, -0.1) is 0 Å². The molecular weight excluding hydrogens is 629 g/mol. The first-order valence-electron chi connectivity index (χ1n) is 17.8. The molecule has 0 fully saturated rings. The van der Waals surface area contributed by atoms with E-state index in [4.69, 9.17) is 9.97 Å². The third-order valence-electron chi connectivity index (χ3n) is 10.9. The Morgan fingerprint density at radius 3 is 1.12 bits per heavy atom. The maximum atomic E-state index is 4.97. The van der Waals surface area contributed by atoms with Crippen molar-refractivity contribution in [1.82, 2.24) is 9.97 Å². The fourth-order valence-corrected chi connectivity index (χ4v) is 8.72. The number of aromatic nitrogens is 2. The summed E-state index contributed by atoms with van der Waals surface area (Å²) in [7, 11) is 0. The van der Waals surface area contributed by atoms with Crippen molar-refractivity contribution in [3.05, 3.63) is 182 Å². The van der Waals surface area contributed by atoms with Crippen LogP contribution in [0.5, 0.6) is 0 Å². The zero-order chi connectivity index (χ0) is 34.2. The van der Waals surface area contributed by atoms with Crippen molar-refractivity contribution in [1.29, 1.82) is 0 Å². The van der Waals surface area contributed by atoms with Crippen LogP contribution in [-0.4, -0.2) is 9.97 Å². The summed E-state index contributed by atoms with van der Waals surface area (Å²) in [4.78, 5) is 9.95. The normalized spacial score (nSPS) is 11.8. The molecule has 0 N–H and O–H groups in total. The van der Waals surface area contributed by atoms with E-state index in [9.17, 15) is 0 Å². The zero-order valence-corrected chi connectivity index (χ0v) is 28.2. The van der Waals surface area contributed by atoms with Gasteiger partial charge >= 0.3 is 0 Å². The molecule has 0 aliphatic heterocycles. The molecule has 0 unspecified atom stereocenters. The minimum Gasteiger partial charge on any atom is -0.256 e. The van der Waals surface area contributed by atoms with Gasteiger partial charge in [-0.2, -0.15) is 0 Å². The monoisotopic (exact) mass is 658 g/mol. The molecule has 11 rings (SSSR count). The first kappa shape index (κ1) is 28.9. The van der Waals surface area contributed by atoms with Gasteiger partial charge in [0.15, 0.2) is 0 Å². The Hall–Kier alpha value is -6.90. The largest absolute Gasteiger partial charge is 0.256 e. The molecule has 0 aliphatic carbocycles. The van der Waals surface area contributed by atoms with E-state index in [1.54, 1.807) is 0 Å². The Kier molecular flexibility index (Phi) is 6.28. The van der Waals surface area contributed by atoms with Crippen LogP contribution in [0, 0.1) is 0 Å². The van der Waals surface area contributed by atoms with E-state index in [1.807, 2.05) is 24.5 Å². The Morgan fingerprint density at radius 1 is 0.288 bits per heavy atom. The quantitative estimate of drug-likeness (QED) is 0.139. The predicted molar refractivity (Wildman–Crippen MR) is 220 cm³/mol. The maximum absolute atomic E-state index is 4.97. The Balaban J connectivity index is 1.46. The number of benzene rings is 9. The number of pyridine rings is 2. The van der Waals surface area contributed by atoms with Crippen LogP contribution in [0.3, 0.4) is 0 Å². The van der Waals surface area contributed by atoms with Crippen LogP contribution >= 0.6 is 0 Å². The highest BCUT2D eigenvalue weighted by Crippen LogP contribution is 2.51. The van der Waals surface area contributed by atoms with E-state index in [0.717, 1.165) is 22.5 Å². The molecular formula is C50H30N2. The lowest BCUT2D eigenvalue weighted by Crippen LogP contribution is -1.96. The molecule has 0 bridgehead atoms. The average molecular weight is 659 g/mol. The summed E-state index contributed by atoms with van der Waals surface area (Å²) in [5.41, 5.74) is 9.10. The molecule has 9 aromatic carbocycles. The summed E-state index contributed by atoms with van der Waals surface area (Å²) < 4.78 is 0. The first-order valence-corrected chi connectivity index (χ1v) is 17.8. The van der Waals surface area contributed by atoms with E-state index in [2.05, 4.69) is 158 Å². The second kappa shape index (κ2) is 11.3. The van der Waals surface area contributed by atoms with Crippen molar-refractivity contribution in [3.63, 3.8) is 0 Å². The van der Waals surface area contributed by atoms with Crippen LogP contribution in [0.4, 0.5) is 0 Å². The topological polar surface area (TPSA) is 25.8 Å². The van der Waals surface area contributed by atoms with Crippen LogP contribution in [0.25, 0.3) is 109 Å². The summed E-state index contributed by atoms with van der Waals surface area (Å²) in [6.45, 7) is 0. The molecule has 0 radical (unpaired) electrons. The molecule has 0 spiro atoms. The van der Waals surface area contributed by atoms with Crippen molar-refractivity contribution < 1.29 is 0 Å². The molecule has 0 saturated heterocycles. The zero-order valence-electron chi connectivity index (χ0n) is 28.2. The lowest BCUT2D eigenvalue weighted by atomic mass is 9.81. The van der Waals surface area contributed by atoms with Crippen LogP contribution in [0.15, 0.2) is 182 Å². The van der Waals surface area contributed by atoms with Gasteiger partial charge < -0.3 is 0 Å². The highest BCUT2D eigenvalue weighted by molar-refractivity contribution is 6.40. The summed E-state index contributed by atoms with van der Waals surface area (Å²) in [6.07, 6.45) is 3.80. The van der Waals surface area contributed by atoms with Crippen LogP contribution in [-0.2, 0) is 0 Å². The van der Waals surface area contributed by atoms with Gasteiger partial charge in [0, 0.05) is 23.5 Å². The number of hydrogen-bond acceptors (Lipinski definition) is 2. The van der Waals surface area contributed by atoms with Gasteiger partial charge in [0.2, 0.25) is 0 Å². The van der Waals surface area contributed by atoms with Crippen LogP contribution in [0.1, 0.15) is 0 Å². The molecule has 2 heteroatoms. The number of rotatable bonds is 4. The Labute approximate surface area is 300 Å². The van der Waals surface area contributed by atoms with E-state index in [1.165, 1.54) is 86.9 Å². The molecule has 2 nitrogen and oxygen atoms in total. The van der Waals surface area contributed by atoms with Crippen molar-refractivity contribution in [3.8, 4) is 44.8 Å². The summed E-state index contributed by atoms with van der Waals surface area (Å²) >= 11 is 0. The molecule has 2 aromatic heterocycles. The van der Waals surface area contributed by atoms with Crippen molar-refractivity contribution in [2.24, 2.45) is 0 Å². The van der Waals surface area contributed by atoms with Gasteiger partial charge in [-0.3, -0.25) is 9.97 Å². The third-order valence-corrected chi connectivity index (χ3v) is 10.9. The van der Waals surface area contributed by atoms with Crippen LogP contribution < -0.4 is 0 Å². The maximum Gasteiger partial charge on any atom is 0.0714 e. The molecule has 52 heavy (non-hydrogen) atoms. The Morgan fingerprint density at radius 2 is 0.692 bits per heavy atom. The second-order valence-electron chi connectivity index (χ2n) is 13.6. The molecule has 240 valence electrons. The molecule has 0 amide bonds. The SMILES string of the molecule is c1ccc(-c2ccc3ccc4ccc(-c5ccccc5)c5c6cc7c(-c8ccccn8)c8ccccc8c(-c8ccccn8)c7cc6c2c3c45)cc1. The highest BCUT2D eigenvalue weighted by atomic mass is 14.7. The molecule has 0 saturated carbocycles. The lowest BCUT2D eigenvalue weighted by molar-refractivity contribution is 1.33.